The van der Waals surface area contributed by atoms with Gasteiger partial charge in [0.2, 0.25) is 0 Å². The Balaban J connectivity index is 0.00000147. The second-order valence-electron chi connectivity index (χ2n) is 4.18. The molecule has 0 bridgehead atoms. The highest BCUT2D eigenvalue weighted by Crippen LogP contribution is 2.24. The Morgan fingerprint density at radius 2 is 1.65 bits per heavy atom. The van der Waals surface area contributed by atoms with Crippen LogP contribution in [0.3, 0.4) is 0 Å². The van der Waals surface area contributed by atoms with Crippen LogP contribution >= 0.6 is 12.4 Å². The van der Waals surface area contributed by atoms with Crippen LogP contribution in [0.4, 0.5) is 5.82 Å². The fraction of sp³-hybridized carbons (Fsp3) is 0.0667. The van der Waals surface area contributed by atoms with Gasteiger partial charge < -0.3 is 10.5 Å². The summed E-state index contributed by atoms with van der Waals surface area (Å²) in [6, 6.07) is 15.3. The maximum atomic E-state index is 5.97. The van der Waals surface area contributed by atoms with Crippen LogP contribution in [0.5, 0.6) is 5.75 Å². The van der Waals surface area contributed by atoms with Crippen LogP contribution < -0.4 is 10.5 Å². The summed E-state index contributed by atoms with van der Waals surface area (Å²) in [5, 5.41) is 0.875. The average Bonchev–Trinajstić information content (AvgIpc) is 2.47. The Bertz CT molecular complexity index is 729. The largest absolute Gasteiger partial charge is 0.497 e. The third kappa shape index (κ3) is 2.51. The van der Waals surface area contributed by atoms with E-state index in [0.717, 1.165) is 22.2 Å². The summed E-state index contributed by atoms with van der Waals surface area (Å²) in [4.78, 5) is 8.88. The van der Waals surface area contributed by atoms with Crippen molar-refractivity contribution in [3.63, 3.8) is 0 Å². The van der Waals surface area contributed by atoms with Gasteiger partial charge in [0.15, 0.2) is 5.82 Å². The fourth-order valence-corrected chi connectivity index (χ4v) is 1.97. The van der Waals surface area contributed by atoms with Gasteiger partial charge in [0.25, 0.3) is 0 Å². The van der Waals surface area contributed by atoms with Crippen LogP contribution in [0.1, 0.15) is 0 Å². The number of para-hydroxylation sites is 1. The van der Waals surface area contributed by atoms with Crippen molar-refractivity contribution < 1.29 is 4.74 Å². The summed E-state index contributed by atoms with van der Waals surface area (Å²) in [6.07, 6.45) is 0. The minimum absolute atomic E-state index is 0. The molecule has 0 aliphatic rings. The summed E-state index contributed by atoms with van der Waals surface area (Å²) in [6.45, 7) is 0. The lowest BCUT2D eigenvalue weighted by atomic mass is 10.2. The molecule has 0 aliphatic heterocycles. The SMILES string of the molecule is COc1ccc(-c2nc(N)c3ccccc3n2)cc1.Cl. The molecule has 0 saturated carbocycles. The van der Waals surface area contributed by atoms with Gasteiger partial charge in [0.1, 0.15) is 11.6 Å². The van der Waals surface area contributed by atoms with Crippen LogP contribution in [-0.4, -0.2) is 17.1 Å². The fourth-order valence-electron chi connectivity index (χ4n) is 1.97. The van der Waals surface area contributed by atoms with Crippen molar-refractivity contribution in [3.05, 3.63) is 48.5 Å². The molecular weight excluding hydrogens is 274 g/mol. The molecule has 2 N–H and O–H groups in total. The summed E-state index contributed by atoms with van der Waals surface area (Å²) in [7, 11) is 1.64. The van der Waals surface area contributed by atoms with E-state index in [0.29, 0.717) is 11.6 Å². The highest BCUT2D eigenvalue weighted by atomic mass is 35.5. The number of rotatable bonds is 2. The molecule has 0 spiro atoms. The number of hydrogen-bond acceptors (Lipinski definition) is 4. The summed E-state index contributed by atoms with van der Waals surface area (Å²) < 4.78 is 5.13. The molecule has 1 heterocycles. The van der Waals surface area contributed by atoms with Gasteiger partial charge in [-0.15, -0.1) is 12.4 Å². The van der Waals surface area contributed by atoms with Crippen LogP contribution in [0.25, 0.3) is 22.3 Å². The number of methoxy groups -OCH3 is 1. The monoisotopic (exact) mass is 287 g/mol. The number of halogens is 1. The van der Waals surface area contributed by atoms with Gasteiger partial charge in [-0.3, -0.25) is 0 Å². The number of hydrogen-bond donors (Lipinski definition) is 1. The van der Waals surface area contributed by atoms with E-state index in [9.17, 15) is 0 Å². The molecule has 1 aromatic heterocycles. The maximum Gasteiger partial charge on any atom is 0.162 e. The second-order valence-corrected chi connectivity index (χ2v) is 4.18. The molecule has 5 heteroatoms. The summed E-state index contributed by atoms with van der Waals surface area (Å²) >= 11 is 0. The Morgan fingerprint density at radius 3 is 2.35 bits per heavy atom. The van der Waals surface area contributed by atoms with Crippen molar-refractivity contribution in [2.24, 2.45) is 0 Å². The van der Waals surface area contributed by atoms with Crippen LogP contribution in [0, 0.1) is 0 Å². The third-order valence-corrected chi connectivity index (χ3v) is 2.98. The smallest absolute Gasteiger partial charge is 0.162 e. The summed E-state index contributed by atoms with van der Waals surface area (Å²) in [5.74, 6) is 1.92. The van der Waals surface area contributed by atoms with Gasteiger partial charge in [-0.25, -0.2) is 9.97 Å². The lowest BCUT2D eigenvalue weighted by molar-refractivity contribution is 0.415. The number of nitrogens with zero attached hydrogens (tertiary/aromatic N) is 2. The van der Waals surface area contributed by atoms with E-state index in [1.165, 1.54) is 0 Å². The van der Waals surface area contributed by atoms with Gasteiger partial charge >= 0.3 is 0 Å². The third-order valence-electron chi connectivity index (χ3n) is 2.98. The molecule has 2 aromatic carbocycles. The maximum absolute atomic E-state index is 5.97. The van der Waals surface area contributed by atoms with Crippen molar-refractivity contribution in [3.8, 4) is 17.1 Å². The van der Waals surface area contributed by atoms with E-state index in [4.69, 9.17) is 10.5 Å². The molecule has 4 nitrogen and oxygen atoms in total. The zero-order valence-corrected chi connectivity index (χ0v) is 11.7. The lowest BCUT2D eigenvalue weighted by Crippen LogP contribution is -1.97. The number of benzene rings is 2. The number of nitrogen functional groups attached to an aromatic ring is 1. The number of anilines is 1. The first-order valence-electron chi connectivity index (χ1n) is 5.94. The van der Waals surface area contributed by atoms with E-state index >= 15 is 0 Å². The van der Waals surface area contributed by atoms with Crippen molar-refractivity contribution in [2.75, 3.05) is 12.8 Å². The van der Waals surface area contributed by atoms with Gasteiger partial charge in [0.05, 0.1) is 12.6 Å². The van der Waals surface area contributed by atoms with Crippen molar-refractivity contribution >= 4 is 29.1 Å². The van der Waals surface area contributed by atoms with E-state index < -0.39 is 0 Å². The van der Waals surface area contributed by atoms with Crippen LogP contribution in [0.2, 0.25) is 0 Å². The molecule has 0 saturated heterocycles. The Morgan fingerprint density at radius 1 is 0.950 bits per heavy atom. The molecule has 0 atom stereocenters. The first-order chi connectivity index (χ1) is 9.28. The molecule has 0 amide bonds. The predicted molar refractivity (Wildman–Crippen MR) is 83.2 cm³/mol. The molecule has 20 heavy (non-hydrogen) atoms. The van der Waals surface area contributed by atoms with Crippen LogP contribution in [0.15, 0.2) is 48.5 Å². The molecule has 0 unspecified atom stereocenters. The number of fused-ring (bicyclic) bond motifs is 1. The van der Waals surface area contributed by atoms with Crippen molar-refractivity contribution in [2.45, 2.75) is 0 Å². The number of ether oxygens (including phenoxy) is 1. The van der Waals surface area contributed by atoms with Gasteiger partial charge in [-0.1, -0.05) is 12.1 Å². The minimum Gasteiger partial charge on any atom is -0.497 e. The molecule has 0 fully saturated rings. The number of aromatic nitrogens is 2. The van der Waals surface area contributed by atoms with Gasteiger partial charge in [0, 0.05) is 10.9 Å². The molecule has 0 aliphatic carbocycles. The molecular formula is C15H14ClN3O. The Kier molecular flexibility index (Phi) is 4.05. The standard InChI is InChI=1S/C15H13N3O.ClH/c1-19-11-8-6-10(7-9-11)15-17-13-5-3-2-4-12(13)14(16)18-15;/h2-9H,1H3,(H2,16,17,18);1H. The Labute approximate surface area is 123 Å². The second kappa shape index (κ2) is 5.75. The minimum atomic E-state index is 0. The van der Waals surface area contributed by atoms with Crippen LogP contribution in [-0.2, 0) is 0 Å². The van der Waals surface area contributed by atoms with E-state index in [2.05, 4.69) is 9.97 Å². The van der Waals surface area contributed by atoms with Gasteiger partial charge in [-0.05, 0) is 36.4 Å². The van der Waals surface area contributed by atoms with Crippen molar-refractivity contribution in [1.82, 2.24) is 9.97 Å². The normalized spacial score (nSPS) is 10.1. The Hall–Kier alpha value is -2.33. The number of nitrogens with two attached hydrogens (primary N) is 1. The molecule has 0 radical (unpaired) electrons. The first-order valence-corrected chi connectivity index (χ1v) is 5.94. The van der Waals surface area contributed by atoms with Gasteiger partial charge in [-0.2, -0.15) is 0 Å². The highest BCUT2D eigenvalue weighted by Gasteiger charge is 2.06. The molecule has 3 aromatic rings. The molecule has 102 valence electrons. The van der Waals surface area contributed by atoms with E-state index in [-0.39, 0.29) is 12.4 Å². The zero-order valence-electron chi connectivity index (χ0n) is 10.9. The van der Waals surface area contributed by atoms with E-state index in [1.807, 2.05) is 48.5 Å². The lowest BCUT2D eigenvalue weighted by Gasteiger charge is -2.06. The quantitative estimate of drug-likeness (QED) is 0.785. The predicted octanol–water partition coefficient (Wildman–Crippen LogP) is 3.31. The zero-order chi connectivity index (χ0) is 13.2. The average molecular weight is 288 g/mol. The van der Waals surface area contributed by atoms with E-state index in [1.54, 1.807) is 7.11 Å². The topological polar surface area (TPSA) is 61.0 Å². The van der Waals surface area contributed by atoms with Crippen molar-refractivity contribution in [1.29, 1.82) is 0 Å². The highest BCUT2D eigenvalue weighted by molar-refractivity contribution is 5.89. The molecule has 3 rings (SSSR count). The first kappa shape index (κ1) is 14.1. The summed E-state index contributed by atoms with van der Waals surface area (Å²) in [5.41, 5.74) is 7.74.